The van der Waals surface area contributed by atoms with Gasteiger partial charge in [-0.05, 0) is 36.4 Å². The van der Waals surface area contributed by atoms with Gasteiger partial charge in [-0.25, -0.2) is 9.18 Å². The van der Waals surface area contributed by atoms with Gasteiger partial charge < -0.3 is 14.2 Å². The Hall–Kier alpha value is -4.13. The highest BCUT2D eigenvalue weighted by atomic mass is 19.1. The minimum absolute atomic E-state index is 0.161. The van der Waals surface area contributed by atoms with Crippen molar-refractivity contribution in [1.82, 2.24) is 4.57 Å². The van der Waals surface area contributed by atoms with Gasteiger partial charge in [0, 0.05) is 23.0 Å². The zero-order chi connectivity index (χ0) is 22.0. The molecule has 1 aromatic heterocycles. The highest BCUT2D eigenvalue weighted by molar-refractivity contribution is 6.04. The van der Waals surface area contributed by atoms with E-state index in [1.807, 2.05) is 0 Å². The number of benzene rings is 3. The molecule has 31 heavy (non-hydrogen) atoms. The normalized spacial score (nSPS) is 10.7. The van der Waals surface area contributed by atoms with Crippen molar-refractivity contribution in [2.75, 3.05) is 14.2 Å². The topological polar surface area (TPSA) is 66.8 Å². The Labute approximate surface area is 177 Å². The van der Waals surface area contributed by atoms with Gasteiger partial charge >= 0.3 is 5.97 Å². The van der Waals surface area contributed by atoms with Gasteiger partial charge in [0.1, 0.15) is 11.6 Å². The number of carbonyl (C=O) groups is 1. The van der Waals surface area contributed by atoms with Gasteiger partial charge in [0.25, 0.3) is 5.56 Å². The molecule has 0 aliphatic carbocycles. The fraction of sp³-hybridized carbons (Fsp3) is 0.0833. The summed E-state index contributed by atoms with van der Waals surface area (Å²) in [4.78, 5) is 26.0. The van der Waals surface area contributed by atoms with Gasteiger partial charge in [-0.1, -0.05) is 24.3 Å². The van der Waals surface area contributed by atoms with Crippen LogP contribution in [0.5, 0.6) is 17.2 Å². The largest absolute Gasteiger partial charge is 0.493 e. The summed E-state index contributed by atoms with van der Waals surface area (Å²) in [5, 5.41) is 0.749. The minimum atomic E-state index is -0.673. The van der Waals surface area contributed by atoms with Gasteiger partial charge in [-0.3, -0.25) is 9.36 Å². The number of fused-ring (bicyclic) bond motifs is 1. The van der Waals surface area contributed by atoms with Crippen molar-refractivity contribution in [2.24, 2.45) is 0 Å². The number of halogens is 1. The maximum atomic E-state index is 13.7. The van der Waals surface area contributed by atoms with Crippen LogP contribution in [0.25, 0.3) is 16.5 Å². The van der Waals surface area contributed by atoms with Crippen LogP contribution in [-0.2, 0) is 0 Å². The van der Waals surface area contributed by atoms with Crippen molar-refractivity contribution in [3.63, 3.8) is 0 Å². The van der Waals surface area contributed by atoms with Crippen LogP contribution in [-0.4, -0.2) is 24.8 Å². The van der Waals surface area contributed by atoms with E-state index in [0.717, 1.165) is 0 Å². The van der Waals surface area contributed by atoms with Gasteiger partial charge in [0.05, 0.1) is 25.5 Å². The number of nitrogens with zero attached hydrogens (tertiary/aromatic N) is 1. The van der Waals surface area contributed by atoms with Gasteiger partial charge in [-0.15, -0.1) is 0 Å². The van der Waals surface area contributed by atoms with E-state index in [1.54, 1.807) is 42.5 Å². The highest BCUT2D eigenvalue weighted by Gasteiger charge is 2.18. The first-order valence-corrected chi connectivity index (χ1v) is 9.36. The summed E-state index contributed by atoms with van der Waals surface area (Å²) < 4.78 is 31.0. The molecule has 0 saturated carbocycles. The summed E-state index contributed by atoms with van der Waals surface area (Å²) in [7, 11) is 2.98. The second kappa shape index (κ2) is 8.31. The molecule has 0 saturated heterocycles. The molecule has 0 atom stereocenters. The first kappa shape index (κ1) is 20.2. The molecule has 6 nitrogen and oxygen atoms in total. The Morgan fingerprint density at radius 3 is 2.32 bits per heavy atom. The van der Waals surface area contributed by atoms with E-state index in [2.05, 4.69) is 0 Å². The molecule has 7 heteroatoms. The smallest absolute Gasteiger partial charge is 0.345 e. The fourth-order valence-electron chi connectivity index (χ4n) is 3.31. The summed E-state index contributed by atoms with van der Waals surface area (Å²) in [6.07, 6.45) is 1.36. The molecule has 4 aromatic rings. The zero-order valence-corrected chi connectivity index (χ0v) is 16.8. The lowest BCUT2D eigenvalue weighted by Crippen LogP contribution is -2.22. The average molecular weight is 419 g/mol. The van der Waals surface area contributed by atoms with E-state index in [9.17, 15) is 14.0 Å². The number of ether oxygens (including phenoxy) is 3. The molecule has 0 aliphatic rings. The monoisotopic (exact) mass is 419 g/mol. The number of carbonyl (C=O) groups excluding carboxylic acids is 1. The Morgan fingerprint density at radius 1 is 0.871 bits per heavy atom. The number of methoxy groups -OCH3 is 2. The molecule has 0 spiro atoms. The molecular weight excluding hydrogens is 401 g/mol. The highest BCUT2D eigenvalue weighted by Crippen LogP contribution is 2.31. The summed E-state index contributed by atoms with van der Waals surface area (Å²) in [6, 6.07) is 17.0. The Balaban J connectivity index is 1.82. The minimum Gasteiger partial charge on any atom is -0.493 e. The van der Waals surface area contributed by atoms with E-state index in [4.69, 9.17) is 14.2 Å². The SMILES string of the molecule is COc1ccc(OC(=O)c2cn(-c3cccc(F)c3)c(=O)c3ccccc23)cc1OC. The number of hydrogen-bond donors (Lipinski definition) is 0. The van der Waals surface area contributed by atoms with Gasteiger partial charge in [0.2, 0.25) is 0 Å². The van der Waals surface area contributed by atoms with Crippen LogP contribution in [0.2, 0.25) is 0 Å². The van der Waals surface area contributed by atoms with Crippen LogP contribution < -0.4 is 19.8 Å². The summed E-state index contributed by atoms with van der Waals surface area (Å²) >= 11 is 0. The van der Waals surface area contributed by atoms with Crippen LogP contribution in [0.15, 0.2) is 77.7 Å². The number of hydrogen-bond acceptors (Lipinski definition) is 5. The lowest BCUT2D eigenvalue weighted by Gasteiger charge is -2.13. The molecule has 0 bridgehead atoms. The molecule has 0 amide bonds. The van der Waals surface area contributed by atoms with Crippen molar-refractivity contribution in [2.45, 2.75) is 0 Å². The fourth-order valence-corrected chi connectivity index (χ4v) is 3.31. The number of aromatic nitrogens is 1. The molecule has 156 valence electrons. The maximum Gasteiger partial charge on any atom is 0.345 e. The molecule has 0 radical (unpaired) electrons. The van der Waals surface area contributed by atoms with Crippen LogP contribution in [0.4, 0.5) is 4.39 Å². The Morgan fingerprint density at radius 2 is 1.61 bits per heavy atom. The Kier molecular flexibility index (Phi) is 5.41. The number of pyridine rings is 1. The van der Waals surface area contributed by atoms with E-state index in [0.29, 0.717) is 28.0 Å². The molecule has 1 heterocycles. The number of rotatable bonds is 5. The van der Waals surface area contributed by atoms with Crippen molar-refractivity contribution in [3.8, 4) is 22.9 Å². The van der Waals surface area contributed by atoms with E-state index < -0.39 is 11.8 Å². The Bertz CT molecular complexity index is 1350. The van der Waals surface area contributed by atoms with Gasteiger partial charge in [-0.2, -0.15) is 0 Å². The third-order valence-corrected chi connectivity index (χ3v) is 4.80. The molecule has 0 unspecified atom stereocenters. The maximum absolute atomic E-state index is 13.7. The van der Waals surface area contributed by atoms with Crippen molar-refractivity contribution in [1.29, 1.82) is 0 Å². The summed E-state index contributed by atoms with van der Waals surface area (Å²) in [5.74, 6) is -0.0226. The third-order valence-electron chi connectivity index (χ3n) is 4.80. The van der Waals surface area contributed by atoms with E-state index in [-0.39, 0.29) is 16.9 Å². The quantitative estimate of drug-likeness (QED) is 0.355. The van der Waals surface area contributed by atoms with Crippen LogP contribution in [0, 0.1) is 5.82 Å². The molecule has 3 aromatic carbocycles. The van der Waals surface area contributed by atoms with E-state index in [1.165, 1.54) is 49.2 Å². The first-order valence-electron chi connectivity index (χ1n) is 9.36. The molecular formula is C24H18FNO5. The lowest BCUT2D eigenvalue weighted by atomic mass is 10.1. The van der Waals surface area contributed by atoms with E-state index >= 15 is 0 Å². The van der Waals surface area contributed by atoms with Crippen LogP contribution >= 0.6 is 0 Å². The predicted octanol–water partition coefficient (Wildman–Crippen LogP) is 4.37. The second-order valence-electron chi connectivity index (χ2n) is 6.65. The lowest BCUT2D eigenvalue weighted by molar-refractivity contribution is 0.0735. The van der Waals surface area contributed by atoms with Crippen LogP contribution in [0.1, 0.15) is 10.4 Å². The summed E-state index contributed by atoms with van der Waals surface area (Å²) in [5.41, 5.74) is 0.0917. The predicted molar refractivity (Wildman–Crippen MR) is 114 cm³/mol. The van der Waals surface area contributed by atoms with Crippen molar-refractivity contribution >= 4 is 16.7 Å². The average Bonchev–Trinajstić information content (AvgIpc) is 2.79. The second-order valence-corrected chi connectivity index (χ2v) is 6.65. The van der Waals surface area contributed by atoms with Crippen molar-refractivity contribution in [3.05, 3.63) is 94.7 Å². The standard InChI is InChI=1S/C24H18FNO5/c1-29-21-11-10-17(13-22(21)30-2)31-24(28)20-14-26(16-7-5-6-15(25)12-16)23(27)19-9-4-3-8-18(19)20/h3-14H,1-2H3. The first-order chi connectivity index (χ1) is 15.0. The number of esters is 1. The molecule has 0 aliphatic heterocycles. The van der Waals surface area contributed by atoms with Crippen LogP contribution in [0.3, 0.4) is 0 Å². The molecule has 0 fully saturated rings. The van der Waals surface area contributed by atoms with Gasteiger partial charge in [0.15, 0.2) is 11.5 Å². The van der Waals surface area contributed by atoms with Crippen molar-refractivity contribution < 1.29 is 23.4 Å². The zero-order valence-electron chi connectivity index (χ0n) is 16.8. The summed E-state index contributed by atoms with van der Waals surface area (Å²) in [6.45, 7) is 0. The third kappa shape index (κ3) is 3.85. The molecule has 4 rings (SSSR count). The molecule has 0 N–H and O–H groups in total.